The lowest BCUT2D eigenvalue weighted by atomic mass is 9.82. The highest BCUT2D eigenvalue weighted by molar-refractivity contribution is 5.68. The zero-order chi connectivity index (χ0) is 16.8. The van der Waals surface area contributed by atoms with E-state index in [0.29, 0.717) is 13.1 Å². The lowest BCUT2D eigenvalue weighted by Crippen LogP contribution is -2.43. The topological polar surface area (TPSA) is 64.3 Å². The number of rotatable bonds is 5. The van der Waals surface area contributed by atoms with Crippen molar-refractivity contribution in [2.24, 2.45) is 11.1 Å². The van der Waals surface area contributed by atoms with Crippen molar-refractivity contribution in [1.82, 2.24) is 5.32 Å². The molecule has 0 saturated heterocycles. The van der Waals surface area contributed by atoms with Gasteiger partial charge in [-0.1, -0.05) is 48.9 Å². The standard InChI is InChI=1S/C18H28N2O2/c1-14(11-15-9-7-6-8-10-15)18(5,12-19)13-20-16(21)22-17(2,3)4/h6-11H,12-13,19H2,1-5H3,(H,20,21)/b14-11+. The van der Waals surface area contributed by atoms with Gasteiger partial charge in [0.15, 0.2) is 0 Å². The highest BCUT2D eigenvalue weighted by atomic mass is 16.6. The van der Waals surface area contributed by atoms with Crippen LogP contribution in [-0.2, 0) is 4.74 Å². The van der Waals surface area contributed by atoms with Gasteiger partial charge in [0, 0.05) is 18.5 Å². The summed E-state index contributed by atoms with van der Waals surface area (Å²) in [6, 6.07) is 10.1. The van der Waals surface area contributed by atoms with Crippen LogP contribution in [-0.4, -0.2) is 24.8 Å². The summed E-state index contributed by atoms with van der Waals surface area (Å²) < 4.78 is 5.27. The van der Waals surface area contributed by atoms with Gasteiger partial charge in [-0.05, 0) is 33.3 Å². The molecule has 1 unspecified atom stereocenters. The summed E-state index contributed by atoms with van der Waals surface area (Å²) in [4.78, 5) is 11.8. The number of hydrogen-bond acceptors (Lipinski definition) is 3. The Morgan fingerprint density at radius 1 is 1.23 bits per heavy atom. The van der Waals surface area contributed by atoms with Gasteiger partial charge >= 0.3 is 6.09 Å². The van der Waals surface area contributed by atoms with E-state index in [0.717, 1.165) is 11.1 Å². The number of ether oxygens (including phenoxy) is 1. The minimum atomic E-state index is -0.502. The molecule has 1 rings (SSSR count). The molecular weight excluding hydrogens is 276 g/mol. The van der Waals surface area contributed by atoms with E-state index in [2.05, 4.69) is 11.4 Å². The number of amides is 1. The third-order valence-electron chi connectivity index (χ3n) is 3.61. The van der Waals surface area contributed by atoms with Crippen molar-refractivity contribution in [3.8, 4) is 0 Å². The largest absolute Gasteiger partial charge is 0.444 e. The maximum absolute atomic E-state index is 11.8. The Morgan fingerprint density at radius 3 is 2.32 bits per heavy atom. The molecule has 0 aliphatic carbocycles. The minimum absolute atomic E-state index is 0.313. The second kappa shape index (κ2) is 7.45. The molecule has 0 bridgehead atoms. The third kappa shape index (κ3) is 5.90. The van der Waals surface area contributed by atoms with Gasteiger partial charge in [-0.3, -0.25) is 0 Å². The van der Waals surface area contributed by atoms with Crippen molar-refractivity contribution in [2.45, 2.75) is 40.2 Å². The zero-order valence-electron chi connectivity index (χ0n) is 14.3. The van der Waals surface area contributed by atoms with Crippen LogP contribution in [0.25, 0.3) is 6.08 Å². The first-order valence-electron chi connectivity index (χ1n) is 7.57. The van der Waals surface area contributed by atoms with Crippen molar-refractivity contribution >= 4 is 12.2 Å². The lowest BCUT2D eigenvalue weighted by molar-refractivity contribution is 0.0511. The number of carbonyl (C=O) groups excluding carboxylic acids is 1. The van der Waals surface area contributed by atoms with E-state index >= 15 is 0 Å². The molecule has 0 aromatic heterocycles. The van der Waals surface area contributed by atoms with Crippen LogP contribution >= 0.6 is 0 Å². The van der Waals surface area contributed by atoms with E-state index in [1.807, 2.05) is 65.0 Å². The molecule has 1 aromatic carbocycles. The number of benzene rings is 1. The number of alkyl carbamates (subject to hydrolysis) is 1. The van der Waals surface area contributed by atoms with E-state index in [1.54, 1.807) is 0 Å². The van der Waals surface area contributed by atoms with Gasteiger partial charge in [0.25, 0.3) is 0 Å². The van der Waals surface area contributed by atoms with Crippen LogP contribution < -0.4 is 11.1 Å². The first-order valence-corrected chi connectivity index (χ1v) is 7.57. The van der Waals surface area contributed by atoms with Crippen molar-refractivity contribution in [3.05, 3.63) is 41.5 Å². The second-order valence-corrected chi connectivity index (χ2v) is 6.86. The summed E-state index contributed by atoms with van der Waals surface area (Å²) in [6.07, 6.45) is 1.68. The average Bonchev–Trinajstić information content (AvgIpc) is 2.44. The maximum atomic E-state index is 11.8. The Morgan fingerprint density at radius 2 is 1.82 bits per heavy atom. The molecule has 1 aromatic rings. The Kier molecular flexibility index (Phi) is 6.18. The van der Waals surface area contributed by atoms with E-state index in [-0.39, 0.29) is 5.41 Å². The number of nitrogens with two attached hydrogens (primary N) is 1. The van der Waals surface area contributed by atoms with E-state index in [1.165, 1.54) is 0 Å². The summed E-state index contributed by atoms with van der Waals surface area (Å²) in [5.41, 5.74) is 7.37. The Balaban J connectivity index is 2.75. The quantitative estimate of drug-likeness (QED) is 0.874. The molecular formula is C18H28N2O2. The smallest absolute Gasteiger partial charge is 0.407 e. The van der Waals surface area contributed by atoms with Gasteiger partial charge in [0.2, 0.25) is 0 Å². The van der Waals surface area contributed by atoms with Crippen LogP contribution in [0.1, 0.15) is 40.2 Å². The Bertz CT molecular complexity index is 518. The normalized spacial score (nSPS) is 15.1. The molecule has 0 aliphatic rings. The predicted octanol–water partition coefficient (Wildman–Crippen LogP) is 3.58. The monoisotopic (exact) mass is 304 g/mol. The first-order chi connectivity index (χ1) is 10.2. The van der Waals surface area contributed by atoms with Crippen LogP contribution in [0.3, 0.4) is 0 Å². The number of nitrogens with one attached hydrogen (secondary N) is 1. The van der Waals surface area contributed by atoms with Crippen LogP contribution in [0.4, 0.5) is 4.79 Å². The van der Waals surface area contributed by atoms with Crippen molar-refractivity contribution < 1.29 is 9.53 Å². The van der Waals surface area contributed by atoms with Gasteiger partial charge in [-0.25, -0.2) is 4.79 Å². The van der Waals surface area contributed by atoms with Crippen molar-refractivity contribution in [3.63, 3.8) is 0 Å². The fourth-order valence-electron chi connectivity index (χ4n) is 1.93. The van der Waals surface area contributed by atoms with Gasteiger partial charge in [0.05, 0.1) is 0 Å². The van der Waals surface area contributed by atoms with Crippen LogP contribution in [0.15, 0.2) is 35.9 Å². The van der Waals surface area contributed by atoms with E-state index < -0.39 is 11.7 Å². The molecule has 22 heavy (non-hydrogen) atoms. The molecule has 0 fully saturated rings. The molecule has 0 heterocycles. The summed E-state index contributed by atoms with van der Waals surface area (Å²) >= 11 is 0. The number of carbonyl (C=O) groups is 1. The highest BCUT2D eigenvalue weighted by Crippen LogP contribution is 2.26. The molecule has 3 N–H and O–H groups in total. The molecule has 1 amide bonds. The van der Waals surface area contributed by atoms with Crippen LogP contribution in [0.5, 0.6) is 0 Å². The van der Waals surface area contributed by atoms with Gasteiger partial charge < -0.3 is 15.8 Å². The zero-order valence-corrected chi connectivity index (χ0v) is 14.3. The number of hydrogen-bond donors (Lipinski definition) is 2. The van der Waals surface area contributed by atoms with Crippen LogP contribution in [0, 0.1) is 5.41 Å². The van der Waals surface area contributed by atoms with E-state index in [4.69, 9.17) is 10.5 Å². The summed E-state index contributed by atoms with van der Waals surface area (Å²) in [5, 5.41) is 2.82. The second-order valence-electron chi connectivity index (χ2n) is 6.86. The molecule has 4 nitrogen and oxygen atoms in total. The molecule has 0 radical (unpaired) electrons. The predicted molar refractivity (Wildman–Crippen MR) is 91.5 cm³/mol. The average molecular weight is 304 g/mol. The molecule has 4 heteroatoms. The molecule has 0 saturated carbocycles. The molecule has 122 valence electrons. The molecule has 0 aliphatic heterocycles. The summed E-state index contributed by atoms with van der Waals surface area (Å²) in [7, 11) is 0. The van der Waals surface area contributed by atoms with Crippen molar-refractivity contribution in [1.29, 1.82) is 0 Å². The fourth-order valence-corrected chi connectivity index (χ4v) is 1.93. The summed E-state index contributed by atoms with van der Waals surface area (Å²) in [6.45, 7) is 10.5. The maximum Gasteiger partial charge on any atom is 0.407 e. The molecule has 0 spiro atoms. The highest BCUT2D eigenvalue weighted by Gasteiger charge is 2.26. The van der Waals surface area contributed by atoms with Gasteiger partial charge in [-0.15, -0.1) is 0 Å². The third-order valence-corrected chi connectivity index (χ3v) is 3.61. The lowest BCUT2D eigenvalue weighted by Gasteiger charge is -2.30. The van der Waals surface area contributed by atoms with Crippen LogP contribution in [0.2, 0.25) is 0 Å². The minimum Gasteiger partial charge on any atom is -0.444 e. The molecule has 1 atom stereocenters. The Hall–Kier alpha value is -1.81. The van der Waals surface area contributed by atoms with Gasteiger partial charge in [-0.2, -0.15) is 0 Å². The fraction of sp³-hybridized carbons (Fsp3) is 0.500. The van der Waals surface area contributed by atoms with Crippen molar-refractivity contribution in [2.75, 3.05) is 13.1 Å². The Labute approximate surface area is 133 Å². The first kappa shape index (κ1) is 18.2. The van der Waals surface area contributed by atoms with Gasteiger partial charge in [0.1, 0.15) is 5.60 Å². The summed E-state index contributed by atoms with van der Waals surface area (Å²) in [5.74, 6) is 0. The van der Waals surface area contributed by atoms with E-state index in [9.17, 15) is 4.79 Å². The SMILES string of the molecule is C/C(=C\c1ccccc1)C(C)(CN)CNC(=O)OC(C)(C)C.